The Kier molecular flexibility index (Phi) is 12.5. The minimum atomic E-state index is -0.536. The average Bonchev–Trinajstić information content (AvgIpc) is 3.48. The van der Waals surface area contributed by atoms with Crippen molar-refractivity contribution in [2.75, 3.05) is 23.8 Å². The van der Waals surface area contributed by atoms with Crippen molar-refractivity contribution < 1.29 is 28.7 Å². The standard InChI is InChI=1S/C34H34N4O6S2/c1-4-43-29-17-10-9-14-24(29)18-28(37-32(41)23-12-7-6-8-13-23)33(42)35-25-15-11-16-27(19-25)46-22(3)31(40)38-34-36-26(21-45-34)20-30(39)44-5-2/h6-19,21-22H,4-5,20H2,1-3H3,(H,35,42)(H,37,41)(H,36,38,40)/b28-18+. The molecule has 0 fully saturated rings. The number of ether oxygens (including phenoxy) is 2. The number of thioether (sulfide) groups is 1. The van der Waals surface area contributed by atoms with Crippen molar-refractivity contribution in [2.45, 2.75) is 37.3 Å². The minimum absolute atomic E-state index is 0.0255. The highest BCUT2D eigenvalue weighted by Gasteiger charge is 2.19. The largest absolute Gasteiger partial charge is 0.493 e. The molecular weight excluding hydrogens is 625 g/mol. The highest BCUT2D eigenvalue weighted by Crippen LogP contribution is 2.28. The number of benzene rings is 3. The van der Waals surface area contributed by atoms with Gasteiger partial charge >= 0.3 is 5.97 Å². The first-order chi connectivity index (χ1) is 22.2. The summed E-state index contributed by atoms with van der Waals surface area (Å²) in [5, 5.41) is 9.98. The van der Waals surface area contributed by atoms with E-state index in [2.05, 4.69) is 20.9 Å². The number of rotatable bonds is 14. The Hall–Kier alpha value is -4.94. The van der Waals surface area contributed by atoms with Gasteiger partial charge in [0.1, 0.15) is 11.4 Å². The van der Waals surface area contributed by atoms with E-state index < -0.39 is 17.1 Å². The van der Waals surface area contributed by atoms with Gasteiger partial charge in [-0.25, -0.2) is 4.98 Å². The van der Waals surface area contributed by atoms with Gasteiger partial charge in [0.25, 0.3) is 11.8 Å². The second-order valence-electron chi connectivity index (χ2n) is 9.71. The second-order valence-corrected chi connectivity index (χ2v) is 12.0. The molecule has 1 heterocycles. The highest BCUT2D eigenvalue weighted by atomic mass is 32.2. The Bertz CT molecular complexity index is 1710. The van der Waals surface area contributed by atoms with Gasteiger partial charge in [0.05, 0.1) is 30.6 Å². The van der Waals surface area contributed by atoms with Gasteiger partial charge in [0, 0.05) is 27.1 Å². The first-order valence-corrected chi connectivity index (χ1v) is 16.3. The minimum Gasteiger partial charge on any atom is -0.493 e. The zero-order valence-corrected chi connectivity index (χ0v) is 27.2. The zero-order chi connectivity index (χ0) is 32.9. The van der Waals surface area contributed by atoms with Crippen molar-refractivity contribution in [3.8, 4) is 5.75 Å². The van der Waals surface area contributed by atoms with Crippen LogP contribution in [0.1, 0.15) is 42.4 Å². The number of carbonyl (C=O) groups excluding carboxylic acids is 4. The maximum Gasteiger partial charge on any atom is 0.311 e. The van der Waals surface area contributed by atoms with Crippen LogP contribution in [0.3, 0.4) is 0 Å². The van der Waals surface area contributed by atoms with Crippen molar-refractivity contribution >= 4 is 63.7 Å². The van der Waals surface area contributed by atoms with Gasteiger partial charge in [0.15, 0.2) is 5.13 Å². The topological polar surface area (TPSA) is 136 Å². The molecule has 3 amide bonds. The van der Waals surface area contributed by atoms with Crippen molar-refractivity contribution in [3.63, 3.8) is 0 Å². The molecule has 0 aliphatic heterocycles. The van der Waals surface area contributed by atoms with Crippen molar-refractivity contribution in [1.82, 2.24) is 10.3 Å². The number of amides is 3. The lowest BCUT2D eigenvalue weighted by atomic mass is 10.1. The normalized spacial score (nSPS) is 11.7. The Morgan fingerprint density at radius 1 is 0.935 bits per heavy atom. The van der Waals surface area contributed by atoms with Gasteiger partial charge in [-0.1, -0.05) is 42.5 Å². The lowest BCUT2D eigenvalue weighted by Gasteiger charge is -2.14. The highest BCUT2D eigenvalue weighted by molar-refractivity contribution is 8.00. The first-order valence-electron chi connectivity index (χ1n) is 14.5. The molecule has 12 heteroatoms. The van der Waals surface area contributed by atoms with Gasteiger partial charge < -0.3 is 25.4 Å². The van der Waals surface area contributed by atoms with E-state index in [1.165, 1.54) is 23.1 Å². The Balaban J connectivity index is 1.45. The van der Waals surface area contributed by atoms with Gasteiger partial charge in [0.2, 0.25) is 5.91 Å². The van der Waals surface area contributed by atoms with E-state index >= 15 is 0 Å². The van der Waals surface area contributed by atoms with Crippen LogP contribution in [0, 0.1) is 0 Å². The molecule has 1 unspecified atom stereocenters. The van der Waals surface area contributed by atoms with Crippen LogP contribution in [0.25, 0.3) is 6.08 Å². The number of anilines is 2. The third-order valence-corrected chi connectivity index (χ3v) is 8.13. The number of para-hydroxylation sites is 1. The van der Waals surface area contributed by atoms with Crippen LogP contribution < -0.4 is 20.7 Å². The molecular formula is C34H34N4O6S2. The van der Waals surface area contributed by atoms with Crippen molar-refractivity contribution in [1.29, 1.82) is 0 Å². The van der Waals surface area contributed by atoms with E-state index in [4.69, 9.17) is 9.47 Å². The SMILES string of the molecule is CCOC(=O)Cc1csc(NC(=O)C(C)Sc2cccc(NC(=O)/C(=C\c3ccccc3OCC)NC(=O)c3ccccc3)c2)n1. The predicted octanol–water partition coefficient (Wildman–Crippen LogP) is 6.18. The quantitative estimate of drug-likeness (QED) is 0.0831. The molecule has 0 spiro atoms. The molecule has 46 heavy (non-hydrogen) atoms. The average molecular weight is 659 g/mol. The Morgan fingerprint density at radius 3 is 2.46 bits per heavy atom. The van der Waals surface area contributed by atoms with Crippen molar-refractivity contribution in [2.24, 2.45) is 0 Å². The molecule has 0 saturated carbocycles. The summed E-state index contributed by atoms with van der Waals surface area (Å²) in [4.78, 5) is 56.2. The lowest BCUT2D eigenvalue weighted by molar-refractivity contribution is -0.142. The Morgan fingerprint density at radius 2 is 1.70 bits per heavy atom. The fraction of sp³-hybridized carbons (Fsp3) is 0.206. The molecule has 3 N–H and O–H groups in total. The molecule has 0 saturated heterocycles. The van der Waals surface area contributed by atoms with Crippen LogP contribution >= 0.6 is 23.1 Å². The maximum absolute atomic E-state index is 13.6. The number of carbonyl (C=O) groups is 4. The van der Waals surface area contributed by atoms with Gasteiger partial charge in [-0.2, -0.15) is 0 Å². The Labute approximate surface area is 275 Å². The molecule has 0 bridgehead atoms. The lowest BCUT2D eigenvalue weighted by Crippen LogP contribution is -2.30. The summed E-state index contributed by atoms with van der Waals surface area (Å²) in [5.41, 5.74) is 2.05. The monoisotopic (exact) mass is 658 g/mol. The molecule has 4 rings (SSSR count). The molecule has 1 aromatic heterocycles. The summed E-state index contributed by atoms with van der Waals surface area (Å²) in [6.07, 6.45) is 1.61. The van der Waals surface area contributed by atoms with E-state index in [1.54, 1.807) is 86.0 Å². The number of aromatic nitrogens is 1. The van der Waals surface area contributed by atoms with E-state index in [9.17, 15) is 19.2 Å². The summed E-state index contributed by atoms with van der Waals surface area (Å²) in [6, 6.07) is 22.9. The van der Waals surface area contributed by atoms with E-state index in [1.807, 2.05) is 25.1 Å². The molecule has 3 aromatic carbocycles. The van der Waals surface area contributed by atoms with Gasteiger partial charge in [-0.05, 0) is 63.2 Å². The molecule has 0 aliphatic rings. The number of esters is 1. The molecule has 10 nitrogen and oxygen atoms in total. The molecule has 0 aliphatic carbocycles. The van der Waals surface area contributed by atoms with Crippen LogP contribution in [0.4, 0.5) is 10.8 Å². The zero-order valence-electron chi connectivity index (χ0n) is 25.6. The number of nitrogens with one attached hydrogen (secondary N) is 3. The number of thiazole rings is 1. The van der Waals surface area contributed by atoms with Crippen molar-refractivity contribution in [3.05, 3.63) is 107 Å². The summed E-state index contributed by atoms with van der Waals surface area (Å²) < 4.78 is 10.7. The summed E-state index contributed by atoms with van der Waals surface area (Å²) in [6.45, 7) is 6.08. The maximum atomic E-state index is 13.6. The summed E-state index contributed by atoms with van der Waals surface area (Å²) in [5.74, 6) is -1.04. The molecule has 4 aromatic rings. The summed E-state index contributed by atoms with van der Waals surface area (Å²) >= 11 is 2.53. The van der Waals surface area contributed by atoms with Gasteiger partial charge in [-0.15, -0.1) is 23.1 Å². The fourth-order valence-electron chi connectivity index (χ4n) is 4.10. The molecule has 0 radical (unpaired) electrons. The molecule has 1 atom stereocenters. The third-order valence-electron chi connectivity index (χ3n) is 6.23. The summed E-state index contributed by atoms with van der Waals surface area (Å²) in [7, 11) is 0. The van der Waals surface area contributed by atoms with Crippen LogP contribution in [-0.4, -0.2) is 47.1 Å². The predicted molar refractivity (Wildman–Crippen MR) is 181 cm³/mol. The van der Waals surface area contributed by atoms with Crippen LogP contribution in [0.2, 0.25) is 0 Å². The van der Waals surface area contributed by atoms with Crippen LogP contribution in [0.15, 0.2) is 94.8 Å². The third kappa shape index (κ3) is 10.0. The number of nitrogens with zero attached hydrogens (tertiary/aromatic N) is 1. The van der Waals surface area contributed by atoms with Gasteiger partial charge in [-0.3, -0.25) is 19.2 Å². The molecule has 238 valence electrons. The van der Waals surface area contributed by atoms with E-state index in [0.29, 0.717) is 40.0 Å². The fourth-order valence-corrected chi connectivity index (χ4v) is 5.74. The number of hydrogen-bond acceptors (Lipinski definition) is 9. The van der Waals surface area contributed by atoms with E-state index in [-0.39, 0.29) is 30.6 Å². The smallest absolute Gasteiger partial charge is 0.311 e. The van der Waals surface area contributed by atoms with Crippen LogP contribution in [-0.2, 0) is 25.5 Å². The second kappa shape index (κ2) is 16.9. The van der Waals surface area contributed by atoms with Crippen LogP contribution in [0.5, 0.6) is 5.75 Å². The van der Waals surface area contributed by atoms with E-state index in [0.717, 1.165) is 4.90 Å². The number of hydrogen-bond donors (Lipinski definition) is 3. The first kappa shape index (κ1) is 33.9.